The van der Waals surface area contributed by atoms with Crippen LogP contribution in [0.25, 0.3) is 21.7 Å². The van der Waals surface area contributed by atoms with E-state index in [1.807, 2.05) is 5.32 Å². The Hall–Kier alpha value is -13.8. The molecule has 0 aliphatic carbocycles. The van der Waals surface area contributed by atoms with Crippen molar-refractivity contribution in [3.63, 3.8) is 0 Å². The van der Waals surface area contributed by atoms with Crippen molar-refractivity contribution in [3.05, 3.63) is 114 Å². The number of aliphatic hydroxyl groups excluding tert-OH is 1. The molecular weight excluding hydrogens is 1540 g/mol. The van der Waals surface area contributed by atoms with Crippen LogP contribution in [0.2, 0.25) is 0 Å². The fourth-order valence-electron chi connectivity index (χ4n) is 12.5. The second kappa shape index (κ2) is 44.2. The number of carbonyl (C=O) groups excluding carboxylic acids is 17. The lowest BCUT2D eigenvalue weighted by Gasteiger charge is -2.31. The van der Waals surface area contributed by atoms with Crippen LogP contribution in [0.15, 0.2) is 97.2 Å². The molecule has 17 amide bonds. The lowest BCUT2D eigenvalue weighted by atomic mass is 9.97. The molecular formula is C76H101N21O21. The summed E-state index contributed by atoms with van der Waals surface area (Å²) in [6.07, 6.45) is -7.56. The average Bonchev–Trinajstić information content (AvgIpc) is 1.75. The first-order valence-electron chi connectivity index (χ1n) is 37.5. The van der Waals surface area contributed by atoms with Crippen LogP contribution in [0.4, 0.5) is 0 Å². The highest BCUT2D eigenvalue weighted by atomic mass is 16.4. The number of amides is 17. The number of carboxylic acids is 1. The topological polar surface area (TPSA) is 706 Å². The number of carbonyl (C=O) groups is 18. The van der Waals surface area contributed by atoms with Crippen LogP contribution >= 0.6 is 0 Å². The second-order valence-electron chi connectivity index (χ2n) is 28.8. The van der Waals surface area contributed by atoms with Crippen molar-refractivity contribution in [1.29, 1.82) is 5.41 Å². The SMILES string of the molecule is CC(=O)N[C@@H]1CCCCNC(=O)C[C@H](C(=O)N[C@@H](CC(N)=O)C(=O)N[C@@H](CC(N)=O)C(=O)O)NC(=O)C(C)(C)NC(=O)[C@H](Cc2ccc3ccccc3c2)NC(=O)[C@H](Cc2ccc(O)cc2)NC(=O)[C@H](CCCNC(=N)N)NC(=O)[C@H](CCC(N)=O)NC(=O)[C@H](Cc2c[nH]c3ccccc23)NC(=O)C([C@@H](C)O)NC(=O)[C@H](CC(N)=O)NC1=O. The summed E-state index contributed by atoms with van der Waals surface area (Å²) in [4.78, 5) is 253. The first kappa shape index (κ1) is 93.0. The number of primary amides is 4. The molecule has 0 radical (unpaired) electrons. The van der Waals surface area contributed by atoms with Gasteiger partial charge in [-0.1, -0.05) is 72.8 Å². The Kier molecular flexibility index (Phi) is 34.8. The third kappa shape index (κ3) is 29.9. The molecule has 6 rings (SSSR count). The quantitative estimate of drug-likeness (QED) is 0.0139. The molecule has 0 bridgehead atoms. The number of nitrogens with two attached hydrogens (primary N) is 5. The molecule has 636 valence electrons. The van der Waals surface area contributed by atoms with E-state index in [4.69, 9.17) is 34.1 Å². The van der Waals surface area contributed by atoms with Crippen LogP contribution in [0.1, 0.15) is 115 Å². The number of aromatic amines is 1. The monoisotopic (exact) mass is 1640 g/mol. The number of rotatable bonds is 26. The van der Waals surface area contributed by atoms with Gasteiger partial charge < -0.3 is 123 Å². The number of para-hydroxylation sites is 1. The highest BCUT2D eigenvalue weighted by Gasteiger charge is 2.41. The summed E-state index contributed by atoms with van der Waals surface area (Å²) in [5.74, 6) is -22.3. The molecule has 5 aromatic rings. The number of H-pyrrole nitrogens is 1. The first-order valence-corrected chi connectivity index (χ1v) is 37.5. The second-order valence-corrected chi connectivity index (χ2v) is 28.8. The predicted molar refractivity (Wildman–Crippen MR) is 420 cm³/mol. The number of carboxylic acid groups (broad SMARTS) is 1. The van der Waals surface area contributed by atoms with Gasteiger partial charge in [0, 0.05) is 62.8 Å². The smallest absolute Gasteiger partial charge is 0.326 e. The number of hydrogen-bond acceptors (Lipinski definition) is 21. The number of hydrogen-bond donors (Lipinski definition) is 24. The van der Waals surface area contributed by atoms with E-state index in [2.05, 4.69) is 74.1 Å². The number of aliphatic carboxylic acids is 1. The summed E-state index contributed by atoms with van der Waals surface area (Å²) in [5.41, 5.74) is 26.8. The van der Waals surface area contributed by atoms with Crippen molar-refractivity contribution in [2.24, 2.45) is 28.7 Å². The molecule has 1 fully saturated rings. The fourth-order valence-corrected chi connectivity index (χ4v) is 12.5. The Balaban J connectivity index is 1.49. The van der Waals surface area contributed by atoms with E-state index in [1.165, 1.54) is 30.5 Å². The molecule has 42 nitrogen and oxygen atoms in total. The third-order valence-corrected chi connectivity index (χ3v) is 18.7. The van der Waals surface area contributed by atoms with Gasteiger partial charge >= 0.3 is 5.97 Å². The molecule has 2 heterocycles. The van der Waals surface area contributed by atoms with Gasteiger partial charge in [-0.25, -0.2) is 4.79 Å². The minimum absolute atomic E-state index is 0.0479. The largest absolute Gasteiger partial charge is 0.508 e. The lowest BCUT2D eigenvalue weighted by molar-refractivity contribution is -0.144. The molecule has 29 N–H and O–H groups in total. The summed E-state index contributed by atoms with van der Waals surface area (Å²) in [5, 5.41) is 75.0. The normalized spacial score (nSPS) is 21.6. The van der Waals surface area contributed by atoms with Crippen molar-refractivity contribution < 1.29 is 102 Å². The lowest BCUT2D eigenvalue weighted by Crippen LogP contribution is -2.64. The highest BCUT2D eigenvalue weighted by Crippen LogP contribution is 2.22. The molecule has 1 aromatic heterocycles. The van der Waals surface area contributed by atoms with Crippen molar-refractivity contribution in [2.75, 3.05) is 13.1 Å². The van der Waals surface area contributed by atoms with Gasteiger partial charge in [-0.05, 0) is 105 Å². The maximum Gasteiger partial charge on any atom is 0.326 e. The standard InChI is InChI=1S/C76H101N21O21/c1-37(98)62-72(115)93-52(31-43-36-85-46-15-8-7-14-45(43)46)67(110)88-49(24-25-57(77)101)65(108)87-48(17-11-27-84-75(81)82)64(107)89-50(29-39-19-22-44(100)23-20-39)66(109)90-51(30-40-18-21-41-12-5-6-13-42(41)28-40)71(114)97-76(3,4)74(118)95-55(69(112)92-53(32-58(78)102)68(111)94-56(73(116)117)34-60(80)104)35-61(105)83-26-10-9-16-47(86-38(2)99)63(106)91-54(33-59(79)103)70(113)96-62/h5-8,12-15,18-23,28,36-37,47-56,62,85,98,100H,9-11,16-17,24-27,29-35H2,1-4H3,(H2,77,101)(H2,78,102)(H2,79,103)(H2,80,104)(H,83,105)(H,86,99)(H,87,108)(H,88,110)(H,89,107)(H,90,109)(H,91,106)(H,92,112)(H,93,115)(H,94,111)(H,95,118)(H,96,113)(H,97,114)(H,116,117)(H4,81,82,84)/t37-,47-,48+,49+,50+,51+,52+,53+,54+,55-,56+,62?/m1/s1. The Labute approximate surface area is 674 Å². The minimum Gasteiger partial charge on any atom is -0.508 e. The molecule has 42 heteroatoms. The number of phenolic OH excluding ortho intramolecular Hbond substituents is 1. The maximum atomic E-state index is 15.3. The van der Waals surface area contributed by atoms with E-state index < -0.39 is 242 Å². The number of aliphatic hydroxyl groups is 1. The van der Waals surface area contributed by atoms with Crippen molar-refractivity contribution >= 4 is 134 Å². The number of aromatic nitrogens is 1. The van der Waals surface area contributed by atoms with Crippen LogP contribution in [0.5, 0.6) is 5.75 Å². The van der Waals surface area contributed by atoms with Crippen LogP contribution in [0, 0.1) is 5.41 Å². The highest BCUT2D eigenvalue weighted by molar-refractivity contribution is 6.03. The summed E-state index contributed by atoms with van der Waals surface area (Å²) in [7, 11) is 0. The molecule has 1 unspecified atom stereocenters. The molecule has 1 saturated heterocycles. The zero-order valence-corrected chi connectivity index (χ0v) is 65.1. The van der Waals surface area contributed by atoms with Gasteiger partial charge in [-0.15, -0.1) is 0 Å². The van der Waals surface area contributed by atoms with Gasteiger partial charge in [-0.2, -0.15) is 0 Å². The summed E-state index contributed by atoms with van der Waals surface area (Å²) in [6.45, 7) is 3.98. The van der Waals surface area contributed by atoms with Crippen molar-refractivity contribution in [3.8, 4) is 5.75 Å². The van der Waals surface area contributed by atoms with E-state index in [1.54, 1.807) is 66.7 Å². The summed E-state index contributed by atoms with van der Waals surface area (Å²) >= 11 is 0. The van der Waals surface area contributed by atoms with Gasteiger partial charge in [0.15, 0.2) is 5.96 Å². The molecule has 12 atom stereocenters. The molecule has 4 aromatic carbocycles. The third-order valence-electron chi connectivity index (χ3n) is 18.7. The van der Waals surface area contributed by atoms with E-state index in [-0.39, 0.29) is 62.9 Å². The molecule has 0 spiro atoms. The average molecular weight is 1640 g/mol. The van der Waals surface area contributed by atoms with Gasteiger partial charge in [0.1, 0.15) is 77.7 Å². The van der Waals surface area contributed by atoms with Gasteiger partial charge in [0.05, 0.1) is 31.8 Å². The minimum atomic E-state index is -2.22. The zero-order chi connectivity index (χ0) is 87.3. The van der Waals surface area contributed by atoms with E-state index in [0.717, 1.165) is 33.1 Å². The number of nitrogens with one attached hydrogen (secondary N) is 16. The Morgan fingerprint density at radius 1 is 0.585 bits per heavy atom. The first-order chi connectivity index (χ1) is 55.7. The van der Waals surface area contributed by atoms with Gasteiger partial charge in [0.2, 0.25) is 100 Å². The van der Waals surface area contributed by atoms with Gasteiger partial charge in [-0.3, -0.25) is 86.9 Å². The molecule has 1 aliphatic heterocycles. The fraction of sp³-hybridized carbons (Fsp3) is 0.434. The Bertz CT molecular complexity index is 4570. The number of aromatic hydroxyl groups is 1. The summed E-state index contributed by atoms with van der Waals surface area (Å²) < 4.78 is 0. The number of phenols is 1. The van der Waals surface area contributed by atoms with Crippen LogP contribution in [-0.2, 0) is 106 Å². The zero-order valence-electron chi connectivity index (χ0n) is 65.1. The maximum absolute atomic E-state index is 15.3. The van der Waals surface area contributed by atoms with E-state index in [0.29, 0.717) is 27.4 Å². The number of benzene rings is 4. The van der Waals surface area contributed by atoms with E-state index >= 15 is 24.0 Å². The van der Waals surface area contributed by atoms with Crippen LogP contribution < -0.4 is 103 Å². The molecule has 118 heavy (non-hydrogen) atoms. The van der Waals surface area contributed by atoms with Gasteiger partial charge in [0.25, 0.3) is 0 Å². The number of guanidine groups is 1. The van der Waals surface area contributed by atoms with Crippen LogP contribution in [0.3, 0.4) is 0 Å². The van der Waals surface area contributed by atoms with Crippen molar-refractivity contribution in [2.45, 2.75) is 196 Å². The molecule has 0 saturated carbocycles. The summed E-state index contributed by atoms with van der Waals surface area (Å²) in [6, 6.07) is 3.65. The van der Waals surface area contributed by atoms with Crippen LogP contribution in [-0.4, -0.2) is 224 Å². The molecule has 1 aliphatic rings. The Morgan fingerprint density at radius 2 is 1.14 bits per heavy atom. The van der Waals surface area contributed by atoms with E-state index in [9.17, 15) is 77.6 Å². The predicted octanol–water partition coefficient (Wildman–Crippen LogP) is -6.39. The number of fused-ring (bicyclic) bond motifs is 2. The Morgan fingerprint density at radius 3 is 1.75 bits per heavy atom. The van der Waals surface area contributed by atoms with Crippen molar-refractivity contribution in [1.82, 2.24) is 79.4 Å².